The van der Waals surface area contributed by atoms with E-state index in [2.05, 4.69) is 15.4 Å². The van der Waals surface area contributed by atoms with Gasteiger partial charge in [0, 0.05) is 51.4 Å². The Balaban J connectivity index is 0.00000300. The van der Waals surface area contributed by atoms with Crippen LogP contribution in [0.1, 0.15) is 5.56 Å². The molecule has 0 spiro atoms. The zero-order valence-electron chi connectivity index (χ0n) is 16.5. The molecule has 1 aromatic heterocycles. The third-order valence-corrected chi connectivity index (χ3v) is 5.49. The zero-order valence-corrected chi connectivity index (χ0v) is 19.7. The number of carbonyl (C=O) groups is 1. The number of guanidine groups is 1. The van der Waals surface area contributed by atoms with Crippen LogP contribution in [-0.2, 0) is 17.6 Å². The normalized spacial score (nSPS) is 14.7. The largest absolute Gasteiger partial charge is 0.355 e. The van der Waals surface area contributed by atoms with E-state index in [1.54, 1.807) is 40.7 Å². The van der Waals surface area contributed by atoms with Gasteiger partial charge in [-0.2, -0.15) is 16.9 Å². The summed E-state index contributed by atoms with van der Waals surface area (Å²) >= 11 is 1.66. The Morgan fingerprint density at radius 1 is 1.34 bits per heavy atom. The minimum Gasteiger partial charge on any atom is -0.355 e. The van der Waals surface area contributed by atoms with Gasteiger partial charge in [-0.15, -0.1) is 24.0 Å². The number of nitrogens with one attached hydrogen (secondary N) is 1. The van der Waals surface area contributed by atoms with E-state index in [0.717, 1.165) is 11.4 Å². The number of amides is 1. The van der Waals surface area contributed by atoms with Gasteiger partial charge in [0.25, 0.3) is 0 Å². The van der Waals surface area contributed by atoms with Crippen molar-refractivity contribution in [2.45, 2.75) is 5.75 Å². The second-order valence-corrected chi connectivity index (χ2v) is 7.56. The Kier molecular flexibility index (Phi) is 9.21. The molecular formula is C19H26FIN6OS. The topological polar surface area (TPSA) is 65.8 Å². The summed E-state index contributed by atoms with van der Waals surface area (Å²) in [6.07, 6.45) is 3.54. The van der Waals surface area contributed by atoms with Gasteiger partial charge in [-0.25, -0.2) is 4.39 Å². The summed E-state index contributed by atoms with van der Waals surface area (Å²) in [5.41, 5.74) is 1.54. The number of aryl methyl sites for hydroxylation is 1. The number of aromatic nitrogens is 2. The van der Waals surface area contributed by atoms with Gasteiger partial charge < -0.3 is 15.1 Å². The van der Waals surface area contributed by atoms with Gasteiger partial charge in [0.2, 0.25) is 5.91 Å². The number of rotatable bonds is 6. The molecule has 10 heteroatoms. The highest BCUT2D eigenvalue weighted by Gasteiger charge is 2.27. The van der Waals surface area contributed by atoms with E-state index >= 15 is 0 Å². The summed E-state index contributed by atoms with van der Waals surface area (Å²) in [5.74, 6) is 2.03. The van der Waals surface area contributed by atoms with E-state index in [-0.39, 0.29) is 42.2 Å². The monoisotopic (exact) mass is 532 g/mol. The van der Waals surface area contributed by atoms with Crippen LogP contribution in [0.15, 0.2) is 41.7 Å². The SMILES string of the molecule is CN=C(NCCSCc1ccccc1F)N1CCN(c2cnn(C)c2)C(=O)C1.I. The molecule has 2 heterocycles. The van der Waals surface area contributed by atoms with Crippen LogP contribution in [0.25, 0.3) is 0 Å². The lowest BCUT2D eigenvalue weighted by Gasteiger charge is -2.35. The minimum atomic E-state index is -0.163. The molecule has 158 valence electrons. The third kappa shape index (κ3) is 6.33. The number of thioether (sulfide) groups is 1. The van der Waals surface area contributed by atoms with E-state index < -0.39 is 0 Å². The van der Waals surface area contributed by atoms with Crippen LogP contribution in [-0.4, -0.2) is 65.5 Å². The van der Waals surface area contributed by atoms with Gasteiger partial charge >= 0.3 is 0 Å². The predicted molar refractivity (Wildman–Crippen MR) is 126 cm³/mol. The Morgan fingerprint density at radius 2 is 2.14 bits per heavy atom. The van der Waals surface area contributed by atoms with E-state index in [1.165, 1.54) is 6.07 Å². The molecular weight excluding hydrogens is 506 g/mol. The van der Waals surface area contributed by atoms with Crippen molar-refractivity contribution >= 4 is 53.3 Å². The molecule has 0 aliphatic carbocycles. The molecule has 1 aromatic carbocycles. The smallest absolute Gasteiger partial charge is 0.246 e. The molecule has 2 aromatic rings. The Labute approximate surface area is 191 Å². The number of hydrogen-bond acceptors (Lipinski definition) is 4. The molecule has 0 radical (unpaired) electrons. The summed E-state index contributed by atoms with van der Waals surface area (Å²) < 4.78 is 15.3. The number of aliphatic imine (C=N–C) groups is 1. The summed E-state index contributed by atoms with van der Waals surface area (Å²) in [4.78, 5) is 20.5. The molecule has 0 unspecified atom stereocenters. The molecule has 0 saturated carbocycles. The fraction of sp³-hybridized carbons (Fsp3) is 0.421. The molecule has 1 aliphatic heterocycles. The van der Waals surface area contributed by atoms with Crippen molar-refractivity contribution in [2.75, 3.05) is 43.9 Å². The van der Waals surface area contributed by atoms with Crippen molar-refractivity contribution in [1.29, 1.82) is 0 Å². The van der Waals surface area contributed by atoms with Crippen LogP contribution in [0.5, 0.6) is 0 Å². The highest BCUT2D eigenvalue weighted by Crippen LogP contribution is 2.17. The minimum absolute atomic E-state index is 0. The van der Waals surface area contributed by atoms with Crippen molar-refractivity contribution in [3.05, 3.63) is 48.0 Å². The molecule has 0 atom stereocenters. The zero-order chi connectivity index (χ0) is 19.9. The average molecular weight is 532 g/mol. The fourth-order valence-electron chi connectivity index (χ4n) is 3.04. The first-order valence-corrected chi connectivity index (χ1v) is 10.3. The van der Waals surface area contributed by atoms with Crippen molar-refractivity contribution in [3.63, 3.8) is 0 Å². The van der Waals surface area contributed by atoms with Crippen LogP contribution < -0.4 is 10.2 Å². The van der Waals surface area contributed by atoms with E-state index in [0.29, 0.717) is 36.9 Å². The molecule has 1 N–H and O–H groups in total. The van der Waals surface area contributed by atoms with E-state index in [1.807, 2.05) is 30.3 Å². The molecule has 3 rings (SSSR count). The van der Waals surface area contributed by atoms with Crippen molar-refractivity contribution in [3.8, 4) is 0 Å². The number of hydrogen-bond donors (Lipinski definition) is 1. The second-order valence-electron chi connectivity index (χ2n) is 6.46. The van der Waals surface area contributed by atoms with Crippen LogP contribution in [0.3, 0.4) is 0 Å². The second kappa shape index (κ2) is 11.4. The molecule has 7 nitrogen and oxygen atoms in total. The van der Waals surface area contributed by atoms with Gasteiger partial charge in [-0.05, 0) is 11.6 Å². The number of halogens is 2. The number of anilines is 1. The van der Waals surface area contributed by atoms with Crippen LogP contribution >= 0.6 is 35.7 Å². The van der Waals surface area contributed by atoms with Gasteiger partial charge in [0.05, 0.1) is 11.9 Å². The highest BCUT2D eigenvalue weighted by atomic mass is 127. The van der Waals surface area contributed by atoms with Crippen LogP contribution in [0.2, 0.25) is 0 Å². The average Bonchev–Trinajstić information content (AvgIpc) is 3.12. The predicted octanol–water partition coefficient (Wildman–Crippen LogP) is 2.33. The maximum absolute atomic E-state index is 13.6. The molecule has 1 aliphatic rings. The van der Waals surface area contributed by atoms with Gasteiger partial charge in [-0.1, -0.05) is 18.2 Å². The fourth-order valence-corrected chi connectivity index (χ4v) is 3.88. The molecule has 1 fully saturated rings. The van der Waals surface area contributed by atoms with Gasteiger partial charge in [0.15, 0.2) is 5.96 Å². The first-order chi connectivity index (χ1) is 13.6. The van der Waals surface area contributed by atoms with Gasteiger partial charge in [0.1, 0.15) is 12.4 Å². The summed E-state index contributed by atoms with van der Waals surface area (Å²) in [5, 5.41) is 7.42. The first kappa shape index (κ1) is 23.5. The summed E-state index contributed by atoms with van der Waals surface area (Å²) in [6.45, 7) is 2.26. The van der Waals surface area contributed by atoms with Crippen molar-refractivity contribution < 1.29 is 9.18 Å². The van der Waals surface area contributed by atoms with E-state index in [4.69, 9.17) is 0 Å². The number of nitrogens with zero attached hydrogens (tertiary/aromatic N) is 5. The highest BCUT2D eigenvalue weighted by molar-refractivity contribution is 14.0. The molecule has 1 amide bonds. The Bertz CT molecular complexity index is 846. The van der Waals surface area contributed by atoms with Gasteiger partial charge in [-0.3, -0.25) is 14.5 Å². The first-order valence-electron chi connectivity index (χ1n) is 9.14. The summed E-state index contributed by atoms with van der Waals surface area (Å²) in [7, 11) is 3.55. The van der Waals surface area contributed by atoms with Crippen LogP contribution in [0.4, 0.5) is 10.1 Å². The quantitative estimate of drug-likeness (QED) is 0.268. The lowest BCUT2D eigenvalue weighted by atomic mass is 10.2. The Hall–Kier alpha value is -1.82. The lowest BCUT2D eigenvalue weighted by Crippen LogP contribution is -2.55. The number of carbonyl (C=O) groups excluding carboxylic acids is 1. The summed E-state index contributed by atoms with van der Waals surface area (Å²) in [6, 6.07) is 6.84. The van der Waals surface area contributed by atoms with Crippen molar-refractivity contribution in [1.82, 2.24) is 20.0 Å². The van der Waals surface area contributed by atoms with E-state index in [9.17, 15) is 9.18 Å². The molecule has 29 heavy (non-hydrogen) atoms. The molecule has 0 bridgehead atoms. The standard InChI is InChI=1S/C19H25FN6OS.HI/c1-21-19(22-7-10-28-14-15-5-3-4-6-17(15)20)25-8-9-26(18(27)13-25)16-11-23-24(2)12-16;/h3-6,11-12H,7-10,13-14H2,1-2H3,(H,21,22);1H. The lowest BCUT2D eigenvalue weighted by molar-refractivity contribution is -0.120. The maximum atomic E-state index is 13.6. The molecule has 1 saturated heterocycles. The maximum Gasteiger partial charge on any atom is 0.246 e. The Morgan fingerprint density at radius 3 is 2.79 bits per heavy atom. The van der Waals surface area contributed by atoms with Crippen molar-refractivity contribution in [2.24, 2.45) is 12.0 Å². The van der Waals surface area contributed by atoms with Crippen LogP contribution in [0, 0.1) is 5.82 Å². The third-order valence-electron chi connectivity index (χ3n) is 4.48. The number of piperazine rings is 1. The number of benzene rings is 1.